The minimum absolute atomic E-state index is 0.126. The topological polar surface area (TPSA) is 111 Å². The fraction of sp³-hybridized carbons (Fsp3) is 0.587. The van der Waals surface area contributed by atoms with Gasteiger partial charge in [-0.3, -0.25) is 9.59 Å². The summed E-state index contributed by atoms with van der Waals surface area (Å²) < 4.78 is 22.4. The Balaban J connectivity index is 4.68. The van der Waals surface area contributed by atoms with Crippen molar-refractivity contribution >= 4 is 17.9 Å². The third kappa shape index (κ3) is 38.3. The molecule has 0 saturated heterocycles. The van der Waals surface area contributed by atoms with E-state index in [0.29, 0.717) is 30.3 Å². The van der Waals surface area contributed by atoms with Gasteiger partial charge in [0, 0.05) is 12.8 Å². The summed E-state index contributed by atoms with van der Waals surface area (Å²) in [6.45, 7) is 4.36. The molecule has 0 fully saturated rings. The molecule has 55 heavy (non-hydrogen) atoms. The molecule has 0 aromatic rings. The first-order valence-electron chi connectivity index (χ1n) is 20.4. The molecule has 0 aliphatic heterocycles. The van der Waals surface area contributed by atoms with Gasteiger partial charge in [-0.05, 0) is 83.5 Å². The molecule has 0 radical (unpaired) electrons. The third-order valence-corrected chi connectivity index (χ3v) is 7.83. The summed E-state index contributed by atoms with van der Waals surface area (Å²) in [6, 6.07) is 0. The average Bonchev–Trinajstić information content (AvgIpc) is 3.14. The molecule has 2 atom stereocenters. The summed E-state index contributed by atoms with van der Waals surface area (Å²) in [7, 11) is 5.86. The summed E-state index contributed by atoms with van der Waals surface area (Å²) >= 11 is 0. The number of hydrogen-bond acceptors (Lipinski definition) is 8. The van der Waals surface area contributed by atoms with E-state index in [1.807, 2.05) is 27.2 Å². The number of carboxylic acids is 1. The van der Waals surface area contributed by atoms with E-state index in [1.54, 1.807) is 0 Å². The number of aliphatic carboxylic acids is 1. The van der Waals surface area contributed by atoms with Crippen LogP contribution in [-0.4, -0.2) is 82.3 Å². The summed E-state index contributed by atoms with van der Waals surface area (Å²) in [5, 5.41) is 11.7. The average molecular weight is 768 g/mol. The highest BCUT2D eigenvalue weighted by atomic mass is 16.7. The molecule has 0 N–H and O–H groups in total. The van der Waals surface area contributed by atoms with Crippen molar-refractivity contribution in [2.75, 3.05) is 47.5 Å². The van der Waals surface area contributed by atoms with Gasteiger partial charge in [0.15, 0.2) is 12.4 Å². The Kier molecular flexibility index (Phi) is 34.6. The number of hydrogen-bond donors (Lipinski definition) is 0. The van der Waals surface area contributed by atoms with Gasteiger partial charge < -0.3 is 33.3 Å². The van der Waals surface area contributed by atoms with Crippen molar-refractivity contribution in [3.05, 3.63) is 97.2 Å². The monoisotopic (exact) mass is 768 g/mol. The first kappa shape index (κ1) is 51.2. The van der Waals surface area contributed by atoms with E-state index < -0.39 is 30.3 Å². The van der Waals surface area contributed by atoms with Crippen LogP contribution in [0.25, 0.3) is 0 Å². The van der Waals surface area contributed by atoms with Crippen LogP contribution in [0.15, 0.2) is 97.2 Å². The quantitative estimate of drug-likeness (QED) is 0.0207. The van der Waals surface area contributed by atoms with Crippen molar-refractivity contribution in [3.63, 3.8) is 0 Å². The third-order valence-electron chi connectivity index (χ3n) is 7.83. The minimum Gasteiger partial charge on any atom is -0.545 e. The summed E-state index contributed by atoms with van der Waals surface area (Å²) in [5.41, 5.74) is 0. The Morgan fingerprint density at radius 2 is 1.00 bits per heavy atom. The Morgan fingerprint density at radius 3 is 1.47 bits per heavy atom. The van der Waals surface area contributed by atoms with Crippen molar-refractivity contribution in [2.45, 2.75) is 129 Å². The zero-order valence-electron chi connectivity index (χ0n) is 34.7. The van der Waals surface area contributed by atoms with Gasteiger partial charge in [-0.15, -0.1) is 0 Å². The number of rotatable bonds is 35. The maximum Gasteiger partial charge on any atom is 0.306 e. The van der Waals surface area contributed by atoms with E-state index >= 15 is 0 Å². The van der Waals surface area contributed by atoms with Crippen LogP contribution in [0.5, 0.6) is 0 Å². The summed E-state index contributed by atoms with van der Waals surface area (Å²) in [4.78, 5) is 36.8. The maximum absolute atomic E-state index is 12.7. The highest BCUT2D eigenvalue weighted by molar-refractivity contribution is 5.70. The van der Waals surface area contributed by atoms with E-state index in [-0.39, 0.29) is 32.7 Å². The van der Waals surface area contributed by atoms with Crippen molar-refractivity contribution in [1.82, 2.24) is 0 Å². The van der Waals surface area contributed by atoms with Crippen molar-refractivity contribution in [1.29, 1.82) is 0 Å². The lowest BCUT2D eigenvalue weighted by molar-refractivity contribution is -0.870. The Hall–Kier alpha value is -3.79. The zero-order chi connectivity index (χ0) is 40.7. The van der Waals surface area contributed by atoms with Gasteiger partial charge in [-0.1, -0.05) is 117 Å². The maximum atomic E-state index is 12.7. The normalized spacial score (nSPS) is 14.0. The number of allylic oxidation sites excluding steroid dienone is 16. The van der Waals surface area contributed by atoms with Gasteiger partial charge in [0.2, 0.25) is 0 Å². The number of unbranched alkanes of at least 4 members (excludes halogenated alkanes) is 4. The van der Waals surface area contributed by atoms with E-state index in [1.165, 1.54) is 0 Å². The van der Waals surface area contributed by atoms with Crippen molar-refractivity contribution < 1.29 is 42.9 Å². The van der Waals surface area contributed by atoms with E-state index in [9.17, 15) is 19.5 Å². The Bertz CT molecular complexity index is 1220. The Labute approximate surface area is 333 Å². The Morgan fingerprint density at radius 1 is 0.545 bits per heavy atom. The lowest BCUT2D eigenvalue weighted by Crippen LogP contribution is -2.44. The van der Waals surface area contributed by atoms with Crippen LogP contribution in [0.1, 0.15) is 117 Å². The van der Waals surface area contributed by atoms with Crippen LogP contribution in [0.2, 0.25) is 0 Å². The van der Waals surface area contributed by atoms with Crippen LogP contribution in [0.4, 0.5) is 0 Å². The number of nitrogens with zero attached hydrogens (tertiary/aromatic N) is 1. The molecular formula is C46H73NO8. The van der Waals surface area contributed by atoms with Gasteiger partial charge in [0.25, 0.3) is 0 Å². The number of ether oxygens (including phenoxy) is 4. The van der Waals surface area contributed by atoms with Crippen molar-refractivity contribution in [2.24, 2.45) is 0 Å². The van der Waals surface area contributed by atoms with Crippen LogP contribution in [0.3, 0.4) is 0 Å². The number of carbonyl (C=O) groups is 3. The molecule has 0 saturated carbocycles. The van der Waals surface area contributed by atoms with Gasteiger partial charge in [-0.25, -0.2) is 0 Å². The van der Waals surface area contributed by atoms with Crippen LogP contribution in [-0.2, 0) is 33.3 Å². The molecule has 0 amide bonds. The first-order valence-corrected chi connectivity index (χ1v) is 20.4. The fourth-order valence-corrected chi connectivity index (χ4v) is 4.70. The number of carboxylic acid groups (broad SMARTS) is 1. The molecular weight excluding hydrogens is 695 g/mol. The molecule has 9 nitrogen and oxygen atoms in total. The highest BCUT2D eigenvalue weighted by Crippen LogP contribution is 2.09. The molecule has 2 unspecified atom stereocenters. The molecule has 0 aromatic heterocycles. The molecule has 0 aromatic carbocycles. The number of carbonyl (C=O) groups excluding carboxylic acids is 3. The molecule has 310 valence electrons. The van der Waals surface area contributed by atoms with Gasteiger partial charge >= 0.3 is 11.9 Å². The predicted molar refractivity (Wildman–Crippen MR) is 223 cm³/mol. The molecule has 0 aliphatic rings. The van der Waals surface area contributed by atoms with Crippen LogP contribution >= 0.6 is 0 Å². The fourth-order valence-electron chi connectivity index (χ4n) is 4.70. The van der Waals surface area contributed by atoms with Crippen LogP contribution < -0.4 is 5.11 Å². The van der Waals surface area contributed by atoms with Crippen LogP contribution in [0, 0.1) is 0 Å². The standard InChI is InChI=1S/C46H73NO8/c1-6-8-10-12-14-16-18-20-21-22-23-25-27-29-31-33-35-37-44(49)55-42(41-54-46(45(50)51)52-39-38-47(3,4)5)40-53-43(48)36-34-32-30-28-26-24-19-17-15-13-11-9-7-2/h8-11,14-17,20-21,23-26,29,31,42,46H,6-7,12-13,18-19,22,27-28,30,32-41H2,1-5H3/b10-8-,11-9-,16-14-,17-15-,21-20-,25-23-,26-24-,31-29-. The van der Waals surface area contributed by atoms with Crippen molar-refractivity contribution in [3.8, 4) is 0 Å². The lowest BCUT2D eigenvalue weighted by atomic mass is 10.1. The second-order valence-corrected chi connectivity index (χ2v) is 14.2. The van der Waals surface area contributed by atoms with Gasteiger partial charge in [0.1, 0.15) is 13.2 Å². The molecule has 0 spiro atoms. The molecule has 9 heteroatoms. The number of esters is 2. The number of likely N-dealkylation sites (N-methyl/N-ethyl adjacent to an activating group) is 1. The molecule has 0 heterocycles. The zero-order valence-corrected chi connectivity index (χ0v) is 34.7. The SMILES string of the molecule is CC/C=C\C/C=C\C/C=C\C/C=C\C/C=C\CCCC(=O)OC(COC(=O)CCCCC/C=C\C/C=C\C/C=C\CC)COC(OCC[N+](C)(C)C)C(=O)[O-]. The number of quaternary nitrogens is 1. The molecule has 0 bridgehead atoms. The first-order chi connectivity index (χ1) is 26.6. The molecule has 0 rings (SSSR count). The summed E-state index contributed by atoms with van der Waals surface area (Å²) in [5.74, 6) is -2.43. The predicted octanol–water partition coefficient (Wildman–Crippen LogP) is 8.99. The molecule has 0 aliphatic carbocycles. The van der Waals surface area contributed by atoms with Gasteiger partial charge in [0.05, 0.1) is 40.3 Å². The second kappa shape index (κ2) is 37.1. The van der Waals surface area contributed by atoms with E-state index in [2.05, 4.69) is 105 Å². The smallest absolute Gasteiger partial charge is 0.306 e. The van der Waals surface area contributed by atoms with E-state index in [4.69, 9.17) is 18.9 Å². The summed E-state index contributed by atoms with van der Waals surface area (Å²) in [6.07, 6.45) is 44.5. The lowest BCUT2D eigenvalue weighted by Gasteiger charge is -2.26. The minimum atomic E-state index is -1.65. The van der Waals surface area contributed by atoms with E-state index in [0.717, 1.165) is 70.6 Å². The van der Waals surface area contributed by atoms with Gasteiger partial charge in [-0.2, -0.15) is 0 Å². The highest BCUT2D eigenvalue weighted by Gasteiger charge is 2.21. The second-order valence-electron chi connectivity index (χ2n) is 14.2. The largest absolute Gasteiger partial charge is 0.545 e.